The number of hydrogen-bond donors (Lipinski definition) is 0. The van der Waals surface area contributed by atoms with Crippen LogP contribution in [0.3, 0.4) is 0 Å². The highest BCUT2D eigenvalue weighted by Gasteiger charge is 2.15. The Kier molecular flexibility index (Phi) is 3.59. The molecule has 0 aliphatic carbocycles. The van der Waals surface area contributed by atoms with Gasteiger partial charge < -0.3 is 4.57 Å². The maximum absolute atomic E-state index is 10.7. The van der Waals surface area contributed by atoms with Gasteiger partial charge in [-0.2, -0.15) is 23.5 Å². The largest absolute Gasteiger partial charge is 0.344 e. The summed E-state index contributed by atoms with van der Waals surface area (Å²) in [7, 11) is 0. The molecule has 0 bridgehead atoms. The molecule has 1 fully saturated rings. The molecule has 2 nitrogen and oxygen atoms in total. The van der Waals surface area contributed by atoms with Crippen molar-refractivity contribution in [2.75, 3.05) is 17.3 Å². The van der Waals surface area contributed by atoms with Gasteiger partial charge in [-0.1, -0.05) is 0 Å². The summed E-state index contributed by atoms with van der Waals surface area (Å²) in [5.74, 6) is 3.72. The lowest BCUT2D eigenvalue weighted by Crippen LogP contribution is -2.20. The third-order valence-corrected chi connectivity index (χ3v) is 5.10. The maximum Gasteiger partial charge on any atom is 0.166 e. The topological polar surface area (TPSA) is 22.0 Å². The van der Waals surface area contributed by atoms with E-state index in [4.69, 9.17) is 0 Å². The number of aldehydes is 1. The van der Waals surface area contributed by atoms with E-state index in [1.807, 2.05) is 41.9 Å². The van der Waals surface area contributed by atoms with Crippen molar-refractivity contribution >= 4 is 29.8 Å². The Morgan fingerprint density at radius 1 is 1.57 bits per heavy atom. The van der Waals surface area contributed by atoms with Crippen LogP contribution in [0.25, 0.3) is 0 Å². The lowest BCUT2D eigenvalue weighted by Gasteiger charge is -2.21. The first-order valence-electron chi connectivity index (χ1n) is 4.70. The van der Waals surface area contributed by atoms with Crippen molar-refractivity contribution in [3.63, 3.8) is 0 Å². The van der Waals surface area contributed by atoms with Gasteiger partial charge in [-0.25, -0.2) is 0 Å². The Morgan fingerprint density at radius 3 is 3.21 bits per heavy atom. The number of carbonyl (C=O) groups excluding carboxylic acids is 1. The summed E-state index contributed by atoms with van der Waals surface area (Å²) in [6, 6.07) is 3.80. The van der Waals surface area contributed by atoms with Gasteiger partial charge in [0.2, 0.25) is 0 Å². The van der Waals surface area contributed by atoms with Crippen molar-refractivity contribution < 1.29 is 4.79 Å². The Morgan fingerprint density at radius 2 is 2.50 bits per heavy atom. The molecule has 1 saturated heterocycles. The molecule has 1 atom stereocenters. The van der Waals surface area contributed by atoms with E-state index in [9.17, 15) is 4.79 Å². The maximum atomic E-state index is 10.7. The van der Waals surface area contributed by atoms with E-state index in [1.54, 1.807) is 0 Å². The molecule has 14 heavy (non-hydrogen) atoms. The minimum atomic E-state index is 0.667. The zero-order valence-electron chi connectivity index (χ0n) is 7.89. The molecule has 4 heteroatoms. The highest BCUT2D eigenvalue weighted by Crippen LogP contribution is 2.25. The number of carbonyl (C=O) groups is 1. The summed E-state index contributed by atoms with van der Waals surface area (Å²) in [4.78, 5) is 10.7. The van der Waals surface area contributed by atoms with Gasteiger partial charge in [0.1, 0.15) is 0 Å². The van der Waals surface area contributed by atoms with Gasteiger partial charge in [-0.3, -0.25) is 4.79 Å². The van der Waals surface area contributed by atoms with E-state index in [0.717, 1.165) is 18.5 Å². The summed E-state index contributed by atoms with van der Waals surface area (Å²) in [6.07, 6.45) is 2.92. The molecule has 0 saturated carbocycles. The predicted molar refractivity (Wildman–Crippen MR) is 63.4 cm³/mol. The summed E-state index contributed by atoms with van der Waals surface area (Å²) in [6.45, 7) is 0.971. The van der Waals surface area contributed by atoms with E-state index < -0.39 is 0 Å². The van der Waals surface area contributed by atoms with Crippen molar-refractivity contribution in [3.05, 3.63) is 24.0 Å². The van der Waals surface area contributed by atoms with Crippen molar-refractivity contribution in [2.45, 2.75) is 11.8 Å². The van der Waals surface area contributed by atoms with Crippen LogP contribution >= 0.6 is 23.5 Å². The first-order chi connectivity index (χ1) is 6.90. The number of rotatable bonds is 3. The van der Waals surface area contributed by atoms with E-state index in [2.05, 4.69) is 4.57 Å². The van der Waals surface area contributed by atoms with Gasteiger partial charge in [-0.15, -0.1) is 0 Å². The smallest absolute Gasteiger partial charge is 0.166 e. The van der Waals surface area contributed by atoms with Crippen molar-refractivity contribution in [3.8, 4) is 0 Å². The second-order valence-electron chi connectivity index (χ2n) is 3.27. The van der Waals surface area contributed by atoms with E-state index in [-0.39, 0.29) is 0 Å². The van der Waals surface area contributed by atoms with Gasteiger partial charge >= 0.3 is 0 Å². The molecular weight excluding hydrogens is 214 g/mol. The fraction of sp³-hybridized carbons (Fsp3) is 0.500. The minimum Gasteiger partial charge on any atom is -0.344 e. The molecule has 1 aliphatic rings. The van der Waals surface area contributed by atoms with Gasteiger partial charge in [0.05, 0.1) is 5.69 Å². The molecule has 1 aliphatic heterocycles. The Labute approximate surface area is 92.4 Å². The fourth-order valence-corrected chi connectivity index (χ4v) is 4.23. The molecule has 0 radical (unpaired) electrons. The van der Waals surface area contributed by atoms with Crippen LogP contribution < -0.4 is 0 Å². The van der Waals surface area contributed by atoms with Crippen LogP contribution in [0.4, 0.5) is 0 Å². The second-order valence-corrected chi connectivity index (χ2v) is 5.83. The molecule has 2 heterocycles. The van der Waals surface area contributed by atoms with Crippen LogP contribution in [-0.2, 0) is 6.54 Å². The monoisotopic (exact) mass is 227 g/mol. The zero-order valence-corrected chi connectivity index (χ0v) is 9.52. The van der Waals surface area contributed by atoms with Crippen LogP contribution in [0, 0.1) is 0 Å². The quantitative estimate of drug-likeness (QED) is 0.739. The number of hydrogen-bond acceptors (Lipinski definition) is 3. The van der Waals surface area contributed by atoms with Crippen LogP contribution in [0.1, 0.15) is 10.5 Å². The summed E-state index contributed by atoms with van der Waals surface area (Å²) in [5, 5.41) is 0.667. The molecule has 0 amide bonds. The number of aromatic nitrogens is 1. The Bertz CT molecular complexity index is 305. The standard InChI is InChI=1S/C10H13NOS2/c12-7-9-2-1-3-11(9)6-10-8-13-4-5-14-10/h1-3,7,10H,4-6,8H2. The van der Waals surface area contributed by atoms with E-state index >= 15 is 0 Å². The van der Waals surface area contributed by atoms with Crippen LogP contribution in [-0.4, -0.2) is 33.4 Å². The van der Waals surface area contributed by atoms with E-state index in [0.29, 0.717) is 5.25 Å². The van der Waals surface area contributed by atoms with Crippen LogP contribution in [0.5, 0.6) is 0 Å². The number of thioether (sulfide) groups is 2. The lowest BCUT2D eigenvalue weighted by molar-refractivity contribution is 0.111. The van der Waals surface area contributed by atoms with Gasteiger partial charge in [0.15, 0.2) is 6.29 Å². The third-order valence-electron chi connectivity index (χ3n) is 2.27. The van der Waals surface area contributed by atoms with Crippen molar-refractivity contribution in [2.24, 2.45) is 0 Å². The summed E-state index contributed by atoms with van der Waals surface area (Å²) >= 11 is 4.04. The van der Waals surface area contributed by atoms with Crippen LogP contribution in [0.2, 0.25) is 0 Å². The average molecular weight is 227 g/mol. The highest BCUT2D eigenvalue weighted by atomic mass is 32.2. The third kappa shape index (κ3) is 2.36. The van der Waals surface area contributed by atoms with Gasteiger partial charge in [-0.05, 0) is 12.1 Å². The van der Waals surface area contributed by atoms with Gasteiger partial charge in [0.25, 0.3) is 0 Å². The first-order valence-corrected chi connectivity index (χ1v) is 6.90. The number of nitrogens with zero attached hydrogens (tertiary/aromatic N) is 1. The Hall–Kier alpha value is -0.350. The van der Waals surface area contributed by atoms with Crippen LogP contribution in [0.15, 0.2) is 18.3 Å². The summed E-state index contributed by atoms with van der Waals surface area (Å²) in [5.41, 5.74) is 0.793. The molecule has 0 N–H and O–H groups in total. The molecule has 0 spiro atoms. The predicted octanol–water partition coefficient (Wildman–Crippen LogP) is 2.15. The normalized spacial score (nSPS) is 22.1. The van der Waals surface area contributed by atoms with Gasteiger partial charge in [0, 0.05) is 35.3 Å². The molecule has 2 rings (SSSR count). The molecule has 0 aromatic carbocycles. The van der Waals surface area contributed by atoms with Crippen molar-refractivity contribution in [1.82, 2.24) is 4.57 Å². The molecule has 1 aromatic rings. The highest BCUT2D eigenvalue weighted by molar-refractivity contribution is 8.06. The Balaban J connectivity index is 1.98. The molecule has 1 aromatic heterocycles. The molecule has 1 unspecified atom stereocenters. The fourth-order valence-electron chi connectivity index (χ4n) is 1.56. The van der Waals surface area contributed by atoms with Crippen molar-refractivity contribution in [1.29, 1.82) is 0 Å². The minimum absolute atomic E-state index is 0.667. The summed E-state index contributed by atoms with van der Waals surface area (Å²) < 4.78 is 2.05. The lowest BCUT2D eigenvalue weighted by atomic mass is 10.4. The zero-order chi connectivity index (χ0) is 9.80. The van der Waals surface area contributed by atoms with E-state index in [1.165, 1.54) is 17.3 Å². The second kappa shape index (κ2) is 4.94. The average Bonchev–Trinajstić information content (AvgIpc) is 2.67. The molecular formula is C10H13NOS2. The SMILES string of the molecule is O=Cc1cccn1CC1CSCCS1. The molecule has 76 valence electrons. The first kappa shape index (κ1) is 10.2.